The minimum absolute atomic E-state index is 0.000900. The van der Waals surface area contributed by atoms with Crippen LogP contribution < -0.4 is 10.6 Å². The molecule has 7 nitrogen and oxygen atoms in total. The fraction of sp³-hybridized carbons (Fsp3) is 0.625. The smallest absolute Gasteiger partial charge is 0.317 e. The Morgan fingerprint density at radius 2 is 1.71 bits per heavy atom. The first-order chi connectivity index (χ1) is 15.1. The number of hydrogen-bond acceptors (Lipinski definition) is 3. The Labute approximate surface area is 184 Å². The van der Waals surface area contributed by atoms with Gasteiger partial charge in [-0.3, -0.25) is 9.59 Å². The molecule has 3 fully saturated rings. The number of carbonyl (C=O) groups is 3. The number of nitrogens with zero attached hydrogens (tertiary/aromatic N) is 2. The van der Waals surface area contributed by atoms with Crippen molar-refractivity contribution in [3.05, 3.63) is 35.9 Å². The fourth-order valence-electron chi connectivity index (χ4n) is 4.54. The van der Waals surface area contributed by atoms with Gasteiger partial charge in [0, 0.05) is 45.7 Å². The van der Waals surface area contributed by atoms with Crippen molar-refractivity contribution < 1.29 is 14.4 Å². The molecule has 1 aliphatic carbocycles. The lowest BCUT2D eigenvalue weighted by Crippen LogP contribution is -2.46. The van der Waals surface area contributed by atoms with Gasteiger partial charge in [0.25, 0.3) is 0 Å². The Morgan fingerprint density at radius 1 is 0.968 bits per heavy atom. The number of nitrogens with one attached hydrogen (secondary N) is 2. The van der Waals surface area contributed by atoms with Gasteiger partial charge in [0.2, 0.25) is 11.8 Å². The molecule has 31 heavy (non-hydrogen) atoms. The number of rotatable bonds is 8. The van der Waals surface area contributed by atoms with Crippen LogP contribution in [0.2, 0.25) is 0 Å². The van der Waals surface area contributed by atoms with E-state index in [1.807, 2.05) is 28.0 Å². The molecule has 1 unspecified atom stereocenters. The molecule has 2 N–H and O–H groups in total. The molecule has 1 atom stereocenters. The van der Waals surface area contributed by atoms with Crippen LogP contribution >= 0.6 is 0 Å². The molecular weight excluding hydrogens is 392 g/mol. The summed E-state index contributed by atoms with van der Waals surface area (Å²) in [5.74, 6) is 0.961. The number of urea groups is 1. The predicted molar refractivity (Wildman–Crippen MR) is 118 cm³/mol. The molecule has 2 saturated heterocycles. The van der Waals surface area contributed by atoms with Crippen LogP contribution in [0.15, 0.2) is 30.3 Å². The van der Waals surface area contributed by atoms with E-state index >= 15 is 0 Å². The van der Waals surface area contributed by atoms with Gasteiger partial charge in [-0.25, -0.2) is 4.79 Å². The summed E-state index contributed by atoms with van der Waals surface area (Å²) in [5, 5.41) is 6.02. The zero-order valence-electron chi connectivity index (χ0n) is 18.2. The maximum atomic E-state index is 12.4. The highest BCUT2D eigenvalue weighted by Gasteiger charge is 2.36. The van der Waals surface area contributed by atoms with Crippen LogP contribution in [0.4, 0.5) is 4.79 Å². The van der Waals surface area contributed by atoms with E-state index in [9.17, 15) is 14.4 Å². The van der Waals surface area contributed by atoms with Crippen LogP contribution in [0.5, 0.6) is 0 Å². The average Bonchev–Trinajstić information content (AvgIpc) is 3.55. The van der Waals surface area contributed by atoms with E-state index in [2.05, 4.69) is 22.8 Å². The second-order valence-electron chi connectivity index (χ2n) is 9.29. The molecule has 3 aliphatic rings. The van der Waals surface area contributed by atoms with Gasteiger partial charge in [-0.1, -0.05) is 30.3 Å². The van der Waals surface area contributed by atoms with Crippen LogP contribution in [0.3, 0.4) is 0 Å². The molecule has 2 aliphatic heterocycles. The second kappa shape index (κ2) is 10.2. The molecule has 168 valence electrons. The predicted octanol–water partition coefficient (Wildman–Crippen LogP) is 2.03. The molecule has 1 aromatic carbocycles. The maximum absolute atomic E-state index is 12.4. The Kier molecular flexibility index (Phi) is 7.10. The molecule has 0 bridgehead atoms. The third-order valence-electron chi connectivity index (χ3n) is 6.76. The molecule has 1 saturated carbocycles. The molecule has 7 heteroatoms. The number of hydrogen-bond donors (Lipinski definition) is 2. The first kappa shape index (κ1) is 21.7. The van der Waals surface area contributed by atoms with E-state index in [1.54, 1.807) is 0 Å². The monoisotopic (exact) mass is 426 g/mol. The van der Waals surface area contributed by atoms with Gasteiger partial charge >= 0.3 is 6.03 Å². The van der Waals surface area contributed by atoms with Gasteiger partial charge in [0.15, 0.2) is 0 Å². The Balaban J connectivity index is 1.14. The minimum atomic E-state index is -0.207. The summed E-state index contributed by atoms with van der Waals surface area (Å²) in [6.07, 6.45) is 5.37. The minimum Gasteiger partial charge on any atom is -0.356 e. The summed E-state index contributed by atoms with van der Waals surface area (Å²) in [5.41, 5.74) is 1.22. The number of likely N-dealkylation sites (tertiary alicyclic amines) is 2. The normalized spacial score (nSPS) is 21.9. The van der Waals surface area contributed by atoms with E-state index in [-0.39, 0.29) is 23.8 Å². The van der Waals surface area contributed by atoms with Crippen molar-refractivity contribution in [1.29, 1.82) is 0 Å². The van der Waals surface area contributed by atoms with Crippen molar-refractivity contribution in [2.24, 2.45) is 17.8 Å². The third kappa shape index (κ3) is 6.21. The largest absolute Gasteiger partial charge is 0.356 e. The van der Waals surface area contributed by atoms with Gasteiger partial charge in [0.05, 0.1) is 5.92 Å². The van der Waals surface area contributed by atoms with E-state index in [0.717, 1.165) is 38.9 Å². The fourth-order valence-corrected chi connectivity index (χ4v) is 4.54. The van der Waals surface area contributed by atoms with Gasteiger partial charge in [-0.2, -0.15) is 0 Å². The lowest BCUT2D eigenvalue weighted by Gasteiger charge is -2.34. The highest BCUT2D eigenvalue weighted by molar-refractivity contribution is 5.89. The van der Waals surface area contributed by atoms with Gasteiger partial charge < -0.3 is 20.4 Å². The highest BCUT2D eigenvalue weighted by atomic mass is 16.2. The summed E-state index contributed by atoms with van der Waals surface area (Å²) in [4.78, 5) is 40.9. The van der Waals surface area contributed by atoms with Crippen LogP contribution in [0.1, 0.15) is 37.7 Å². The number of carbonyl (C=O) groups excluding carboxylic acids is 3. The van der Waals surface area contributed by atoms with Crippen molar-refractivity contribution in [2.75, 3.05) is 39.3 Å². The van der Waals surface area contributed by atoms with Gasteiger partial charge in [-0.05, 0) is 49.5 Å². The van der Waals surface area contributed by atoms with E-state index < -0.39 is 0 Å². The summed E-state index contributed by atoms with van der Waals surface area (Å²) in [7, 11) is 0. The van der Waals surface area contributed by atoms with Crippen molar-refractivity contribution in [3.8, 4) is 0 Å². The standard InChI is InChI=1S/C24H34N4O3/c29-22-14-21(23(30)26-15-19-6-7-19)17-28(22)16-20-9-12-27(13-10-20)24(31)25-11-8-18-4-2-1-3-5-18/h1-5,19-21H,6-17H2,(H,25,31)(H,26,30). The molecule has 0 aromatic heterocycles. The Bertz CT molecular complexity index is 772. The first-order valence-corrected chi connectivity index (χ1v) is 11.7. The molecule has 2 heterocycles. The molecular formula is C24H34N4O3. The van der Waals surface area contributed by atoms with Crippen molar-refractivity contribution in [1.82, 2.24) is 20.4 Å². The second-order valence-corrected chi connectivity index (χ2v) is 9.29. The number of amides is 4. The SMILES string of the molecule is O=C(NCC1CC1)C1CC(=O)N(CC2CCN(C(=O)NCCc3ccccc3)CC2)C1. The molecule has 4 amide bonds. The molecule has 4 rings (SSSR count). The summed E-state index contributed by atoms with van der Waals surface area (Å²) < 4.78 is 0. The Morgan fingerprint density at radius 3 is 2.42 bits per heavy atom. The Hall–Kier alpha value is -2.57. The first-order valence-electron chi connectivity index (χ1n) is 11.7. The molecule has 1 aromatic rings. The van der Waals surface area contributed by atoms with E-state index in [1.165, 1.54) is 18.4 Å². The molecule has 0 spiro atoms. The van der Waals surface area contributed by atoms with Crippen LogP contribution in [-0.4, -0.2) is 66.9 Å². The van der Waals surface area contributed by atoms with Crippen molar-refractivity contribution in [3.63, 3.8) is 0 Å². The average molecular weight is 427 g/mol. The highest BCUT2D eigenvalue weighted by Crippen LogP contribution is 2.28. The van der Waals surface area contributed by atoms with Crippen molar-refractivity contribution in [2.45, 2.75) is 38.5 Å². The van der Waals surface area contributed by atoms with Crippen LogP contribution in [-0.2, 0) is 16.0 Å². The van der Waals surface area contributed by atoms with Gasteiger partial charge in [0.1, 0.15) is 0 Å². The van der Waals surface area contributed by atoms with Gasteiger partial charge in [-0.15, -0.1) is 0 Å². The lowest BCUT2D eigenvalue weighted by molar-refractivity contribution is -0.129. The number of piperidine rings is 1. The van der Waals surface area contributed by atoms with E-state index in [0.29, 0.717) is 37.9 Å². The van der Waals surface area contributed by atoms with E-state index in [4.69, 9.17) is 0 Å². The summed E-state index contributed by atoms with van der Waals surface area (Å²) in [6.45, 7) is 4.07. The number of benzene rings is 1. The zero-order chi connectivity index (χ0) is 21.6. The maximum Gasteiger partial charge on any atom is 0.317 e. The molecule has 0 radical (unpaired) electrons. The summed E-state index contributed by atoms with van der Waals surface area (Å²) in [6, 6.07) is 10.1. The van der Waals surface area contributed by atoms with Crippen LogP contribution in [0.25, 0.3) is 0 Å². The van der Waals surface area contributed by atoms with Crippen molar-refractivity contribution >= 4 is 17.8 Å². The summed E-state index contributed by atoms with van der Waals surface area (Å²) >= 11 is 0. The topological polar surface area (TPSA) is 81.8 Å². The lowest BCUT2D eigenvalue weighted by atomic mass is 9.96. The quantitative estimate of drug-likeness (QED) is 0.667. The third-order valence-corrected chi connectivity index (χ3v) is 6.76. The zero-order valence-corrected chi connectivity index (χ0v) is 18.2. The van der Waals surface area contributed by atoms with Crippen LogP contribution in [0, 0.1) is 17.8 Å².